The first-order valence-electron chi connectivity index (χ1n) is 9.31. The number of H-pyrrole nitrogens is 1. The Morgan fingerprint density at radius 2 is 1.80 bits per heavy atom. The minimum Gasteiger partial charge on any atom is -0.480 e. The van der Waals surface area contributed by atoms with Crippen LogP contribution in [0.25, 0.3) is 10.9 Å². The maximum atomic E-state index is 12.1. The van der Waals surface area contributed by atoms with Crippen molar-refractivity contribution in [1.29, 1.82) is 0 Å². The molecule has 1 aliphatic heterocycles. The summed E-state index contributed by atoms with van der Waals surface area (Å²) in [5.41, 5.74) is 1.66. The van der Waals surface area contributed by atoms with E-state index in [1.54, 1.807) is 29.3 Å². The van der Waals surface area contributed by atoms with E-state index in [9.17, 15) is 24.3 Å². The normalized spacial score (nSPS) is 16.0. The van der Waals surface area contributed by atoms with Crippen LogP contribution in [0.1, 0.15) is 18.5 Å². The van der Waals surface area contributed by atoms with Crippen LogP contribution >= 0.6 is 0 Å². The highest BCUT2D eigenvalue weighted by molar-refractivity contribution is 6.03. The van der Waals surface area contributed by atoms with Crippen LogP contribution in [0.5, 0.6) is 0 Å². The van der Waals surface area contributed by atoms with E-state index in [2.05, 4.69) is 10.3 Å². The van der Waals surface area contributed by atoms with Crippen LogP contribution in [0.4, 0.5) is 5.69 Å². The first-order valence-corrected chi connectivity index (χ1v) is 9.31. The second-order valence-corrected chi connectivity index (χ2v) is 6.95. The molecule has 3 rings (SSSR count). The first-order chi connectivity index (χ1) is 14.3. The number of carboxylic acid groups (broad SMARTS) is 2. The second-order valence-electron chi connectivity index (χ2n) is 6.95. The number of aliphatic carboxylic acids is 2. The van der Waals surface area contributed by atoms with Gasteiger partial charge >= 0.3 is 11.9 Å². The molecule has 1 saturated heterocycles. The lowest BCUT2D eigenvalue weighted by atomic mass is 10.0. The molecule has 1 fully saturated rings. The number of anilines is 1. The zero-order valence-electron chi connectivity index (χ0n) is 16.3. The zero-order valence-corrected chi connectivity index (χ0v) is 16.3. The van der Waals surface area contributed by atoms with E-state index in [1.165, 1.54) is 6.92 Å². The smallest absolute Gasteiger partial charge is 0.328 e. The molecular formula is C20H22N4O6. The molecule has 0 spiro atoms. The van der Waals surface area contributed by atoms with Gasteiger partial charge in [-0.1, -0.05) is 0 Å². The Morgan fingerprint density at radius 3 is 2.40 bits per heavy atom. The second kappa shape index (κ2) is 8.78. The summed E-state index contributed by atoms with van der Waals surface area (Å²) in [5.74, 6) is -2.89. The quantitative estimate of drug-likeness (QED) is 0.517. The molecule has 4 N–H and O–H groups in total. The lowest BCUT2D eigenvalue weighted by Gasteiger charge is -2.37. The minimum atomic E-state index is -1.23. The molecule has 2 aromatic rings. The number of benzene rings is 1. The van der Waals surface area contributed by atoms with E-state index in [4.69, 9.17) is 5.11 Å². The predicted molar refractivity (Wildman–Crippen MR) is 108 cm³/mol. The van der Waals surface area contributed by atoms with Gasteiger partial charge in [0.15, 0.2) is 0 Å². The summed E-state index contributed by atoms with van der Waals surface area (Å²) in [5, 5.41) is 21.7. The number of fused-ring (bicyclic) bond motifs is 1. The summed E-state index contributed by atoms with van der Waals surface area (Å²) in [4.78, 5) is 52.6. The number of hydrogen-bond donors (Lipinski definition) is 4. The van der Waals surface area contributed by atoms with Crippen molar-refractivity contribution < 1.29 is 29.4 Å². The molecule has 0 saturated carbocycles. The van der Waals surface area contributed by atoms with E-state index in [0.29, 0.717) is 48.3 Å². The monoisotopic (exact) mass is 414 g/mol. The van der Waals surface area contributed by atoms with Crippen LogP contribution in [-0.4, -0.2) is 74.9 Å². The van der Waals surface area contributed by atoms with E-state index < -0.39 is 23.9 Å². The van der Waals surface area contributed by atoms with Crippen LogP contribution < -0.4 is 5.32 Å². The minimum absolute atomic E-state index is 0.0362. The van der Waals surface area contributed by atoms with Gasteiger partial charge in [0.2, 0.25) is 11.8 Å². The fourth-order valence-corrected chi connectivity index (χ4v) is 3.56. The number of aromatic amines is 1. The van der Waals surface area contributed by atoms with Crippen molar-refractivity contribution in [3.8, 4) is 0 Å². The average molecular weight is 414 g/mol. The van der Waals surface area contributed by atoms with Crippen molar-refractivity contribution in [2.45, 2.75) is 13.0 Å². The van der Waals surface area contributed by atoms with E-state index in [0.717, 1.165) is 12.2 Å². The topological polar surface area (TPSA) is 143 Å². The molecule has 1 aliphatic rings. The van der Waals surface area contributed by atoms with Gasteiger partial charge in [-0.25, -0.2) is 4.79 Å². The number of nitrogens with one attached hydrogen (secondary N) is 2. The van der Waals surface area contributed by atoms with E-state index in [-0.39, 0.29) is 5.91 Å². The third kappa shape index (κ3) is 4.66. The molecule has 30 heavy (non-hydrogen) atoms. The third-order valence-electron chi connectivity index (χ3n) is 5.01. The largest absolute Gasteiger partial charge is 0.480 e. The maximum absolute atomic E-state index is 12.1. The molecule has 2 amide bonds. The predicted octanol–water partition coefficient (Wildman–Crippen LogP) is 1.04. The molecule has 0 unspecified atom stereocenters. The average Bonchev–Trinajstić information content (AvgIpc) is 3.09. The van der Waals surface area contributed by atoms with Crippen LogP contribution in [0.15, 0.2) is 36.5 Å². The molecule has 1 atom stereocenters. The lowest BCUT2D eigenvalue weighted by Crippen LogP contribution is -2.50. The Balaban J connectivity index is 1.86. The Hall–Kier alpha value is -3.66. The number of amides is 2. The molecular weight excluding hydrogens is 392 g/mol. The van der Waals surface area contributed by atoms with Gasteiger partial charge in [0.25, 0.3) is 0 Å². The van der Waals surface area contributed by atoms with Gasteiger partial charge in [-0.2, -0.15) is 0 Å². The highest BCUT2D eigenvalue weighted by atomic mass is 16.4. The molecule has 1 aromatic heterocycles. The number of hydrogen-bond acceptors (Lipinski definition) is 5. The first kappa shape index (κ1) is 21.1. The number of carbonyl (C=O) groups is 4. The zero-order chi connectivity index (χ0) is 21.8. The molecule has 0 radical (unpaired) electrons. The van der Waals surface area contributed by atoms with Gasteiger partial charge in [0.05, 0.1) is 0 Å². The van der Waals surface area contributed by atoms with Crippen molar-refractivity contribution in [3.63, 3.8) is 0 Å². The Labute approximate surface area is 171 Å². The van der Waals surface area contributed by atoms with Crippen molar-refractivity contribution in [1.82, 2.24) is 14.8 Å². The lowest BCUT2D eigenvalue weighted by molar-refractivity contribution is -0.145. The van der Waals surface area contributed by atoms with Gasteiger partial charge in [-0.05, 0) is 18.2 Å². The SMILES string of the molecule is CC(=O)N1CCN([C@H](C(=O)O)c2c[nH]c3ccc(NC(=O)/C=C/C(=O)O)cc23)CC1. The van der Waals surface area contributed by atoms with E-state index in [1.807, 2.05) is 4.90 Å². The van der Waals surface area contributed by atoms with Gasteiger partial charge < -0.3 is 25.4 Å². The summed E-state index contributed by atoms with van der Waals surface area (Å²) in [6.07, 6.45) is 3.27. The third-order valence-corrected chi connectivity index (χ3v) is 5.01. The summed E-state index contributed by atoms with van der Waals surface area (Å²) < 4.78 is 0. The number of nitrogens with zero attached hydrogens (tertiary/aromatic N) is 2. The standard InChI is InChI=1S/C20H22N4O6/c1-12(25)23-6-8-24(9-7-23)19(20(29)30)15-11-21-16-3-2-13(10-14(15)16)22-17(26)4-5-18(27)28/h2-5,10-11,19,21H,6-9H2,1H3,(H,22,26)(H,27,28)(H,29,30)/b5-4+/t19-/m0/s1. The van der Waals surface area contributed by atoms with Crippen molar-refractivity contribution >= 4 is 40.3 Å². The van der Waals surface area contributed by atoms with Gasteiger partial charge in [0, 0.05) is 73.6 Å². The Morgan fingerprint density at radius 1 is 1.10 bits per heavy atom. The van der Waals surface area contributed by atoms with Crippen molar-refractivity contribution in [2.24, 2.45) is 0 Å². The highest BCUT2D eigenvalue weighted by Gasteiger charge is 2.32. The highest BCUT2D eigenvalue weighted by Crippen LogP contribution is 2.31. The van der Waals surface area contributed by atoms with Gasteiger partial charge in [-0.15, -0.1) is 0 Å². The Bertz CT molecular complexity index is 1020. The number of piperazine rings is 1. The molecule has 10 nitrogen and oxygen atoms in total. The summed E-state index contributed by atoms with van der Waals surface area (Å²) in [7, 11) is 0. The van der Waals surface area contributed by atoms with Gasteiger partial charge in [-0.3, -0.25) is 19.3 Å². The molecule has 0 bridgehead atoms. The number of rotatable bonds is 6. The van der Waals surface area contributed by atoms with Crippen LogP contribution in [-0.2, 0) is 19.2 Å². The number of carboxylic acids is 2. The summed E-state index contributed by atoms with van der Waals surface area (Å²) >= 11 is 0. The summed E-state index contributed by atoms with van der Waals surface area (Å²) in [6.45, 7) is 3.27. The van der Waals surface area contributed by atoms with Crippen LogP contribution in [0.2, 0.25) is 0 Å². The van der Waals surface area contributed by atoms with Crippen molar-refractivity contribution in [3.05, 3.63) is 42.1 Å². The van der Waals surface area contributed by atoms with Crippen molar-refractivity contribution in [2.75, 3.05) is 31.5 Å². The van der Waals surface area contributed by atoms with E-state index >= 15 is 0 Å². The maximum Gasteiger partial charge on any atom is 0.328 e. The van der Waals surface area contributed by atoms with Crippen LogP contribution in [0, 0.1) is 0 Å². The fraction of sp³-hybridized carbons (Fsp3) is 0.300. The molecule has 10 heteroatoms. The molecule has 158 valence electrons. The number of carbonyl (C=O) groups excluding carboxylic acids is 2. The fourth-order valence-electron chi connectivity index (χ4n) is 3.56. The Kier molecular flexibility index (Phi) is 6.17. The number of aromatic nitrogens is 1. The molecule has 0 aliphatic carbocycles. The van der Waals surface area contributed by atoms with Crippen LogP contribution in [0.3, 0.4) is 0 Å². The molecule has 2 heterocycles. The molecule has 1 aromatic carbocycles. The summed E-state index contributed by atoms with van der Waals surface area (Å²) in [6, 6.07) is 4.08. The van der Waals surface area contributed by atoms with Gasteiger partial charge in [0.1, 0.15) is 6.04 Å².